The number of para-hydroxylation sites is 1. The number of ether oxygens (including phenoxy) is 1. The molecule has 0 bridgehead atoms. The zero-order chi connectivity index (χ0) is 19.1. The number of benzene rings is 3. The lowest BCUT2D eigenvalue weighted by molar-refractivity contribution is 0.318. The van der Waals surface area contributed by atoms with Crippen molar-refractivity contribution >= 4 is 15.7 Å². The van der Waals surface area contributed by atoms with Crippen LogP contribution in [0, 0.1) is 0 Å². The monoisotopic (exact) mass is 382 g/mol. The maximum Gasteiger partial charge on any atom is 0.240 e. The molecule has 0 saturated heterocycles. The quantitative estimate of drug-likeness (QED) is 0.585. The van der Waals surface area contributed by atoms with E-state index in [1.807, 2.05) is 42.5 Å². The first-order valence-electron chi connectivity index (χ1n) is 8.64. The van der Waals surface area contributed by atoms with Gasteiger partial charge in [0, 0.05) is 24.2 Å². The van der Waals surface area contributed by atoms with Crippen LogP contribution in [0.5, 0.6) is 5.75 Å². The van der Waals surface area contributed by atoms with Crippen molar-refractivity contribution < 1.29 is 13.2 Å². The van der Waals surface area contributed by atoms with Crippen LogP contribution in [0.15, 0.2) is 83.8 Å². The standard InChI is InChI=1S/C21H22N2O3S/c22-19-10-12-20(13-11-19)27(24,25)23-16-18-8-4-5-9-21(18)26-15-14-17-6-2-1-3-7-17/h1-13,23H,14-16,22H2. The fourth-order valence-electron chi connectivity index (χ4n) is 2.62. The Morgan fingerprint density at radius 1 is 0.852 bits per heavy atom. The summed E-state index contributed by atoms with van der Waals surface area (Å²) in [5.74, 6) is 0.674. The Hall–Kier alpha value is -2.83. The lowest BCUT2D eigenvalue weighted by Crippen LogP contribution is -2.23. The molecule has 27 heavy (non-hydrogen) atoms. The van der Waals surface area contributed by atoms with Crippen molar-refractivity contribution in [3.05, 3.63) is 90.0 Å². The van der Waals surface area contributed by atoms with Crippen LogP contribution in [0.25, 0.3) is 0 Å². The average molecular weight is 382 g/mol. The molecule has 0 saturated carbocycles. The summed E-state index contributed by atoms with van der Waals surface area (Å²) in [4.78, 5) is 0.180. The number of nitrogens with two attached hydrogens (primary N) is 1. The summed E-state index contributed by atoms with van der Waals surface area (Å²) in [7, 11) is -3.62. The van der Waals surface area contributed by atoms with Gasteiger partial charge in [0.25, 0.3) is 0 Å². The van der Waals surface area contributed by atoms with Gasteiger partial charge in [-0.15, -0.1) is 0 Å². The van der Waals surface area contributed by atoms with E-state index in [4.69, 9.17) is 10.5 Å². The Bertz CT molecular complexity index is 972. The third-order valence-corrected chi connectivity index (χ3v) is 5.52. The van der Waals surface area contributed by atoms with Crippen LogP contribution < -0.4 is 15.2 Å². The zero-order valence-corrected chi connectivity index (χ0v) is 15.7. The topological polar surface area (TPSA) is 81.4 Å². The van der Waals surface area contributed by atoms with Crippen molar-refractivity contribution in [2.75, 3.05) is 12.3 Å². The van der Waals surface area contributed by atoms with E-state index in [2.05, 4.69) is 16.9 Å². The van der Waals surface area contributed by atoms with Crippen molar-refractivity contribution in [1.82, 2.24) is 4.72 Å². The molecule has 3 rings (SSSR count). The Labute approximate surface area is 159 Å². The molecule has 0 aromatic heterocycles. The van der Waals surface area contributed by atoms with Gasteiger partial charge in [-0.3, -0.25) is 0 Å². The minimum atomic E-state index is -3.62. The van der Waals surface area contributed by atoms with Crippen LogP contribution in [0.3, 0.4) is 0 Å². The van der Waals surface area contributed by atoms with Gasteiger partial charge in [0.15, 0.2) is 0 Å². The van der Waals surface area contributed by atoms with Crippen LogP contribution in [0.4, 0.5) is 5.69 Å². The van der Waals surface area contributed by atoms with Crippen LogP contribution in [0.2, 0.25) is 0 Å². The molecule has 0 heterocycles. The smallest absolute Gasteiger partial charge is 0.240 e. The summed E-state index contributed by atoms with van der Waals surface area (Å²) in [5, 5.41) is 0. The summed E-state index contributed by atoms with van der Waals surface area (Å²) < 4.78 is 33.4. The molecule has 0 atom stereocenters. The van der Waals surface area contributed by atoms with E-state index in [0.717, 1.165) is 12.0 Å². The first kappa shape index (κ1) is 18.9. The lowest BCUT2D eigenvalue weighted by atomic mass is 10.1. The molecular formula is C21H22N2O3S. The highest BCUT2D eigenvalue weighted by atomic mass is 32.2. The predicted molar refractivity (Wildman–Crippen MR) is 107 cm³/mol. The van der Waals surface area contributed by atoms with Gasteiger partial charge in [0.1, 0.15) is 5.75 Å². The lowest BCUT2D eigenvalue weighted by Gasteiger charge is -2.13. The number of hydrogen-bond acceptors (Lipinski definition) is 4. The maximum atomic E-state index is 12.4. The first-order chi connectivity index (χ1) is 13.0. The first-order valence-corrected chi connectivity index (χ1v) is 10.1. The van der Waals surface area contributed by atoms with E-state index in [1.54, 1.807) is 12.1 Å². The second-order valence-electron chi connectivity index (χ2n) is 6.09. The maximum absolute atomic E-state index is 12.4. The van der Waals surface area contributed by atoms with Gasteiger partial charge in [-0.2, -0.15) is 0 Å². The second-order valence-corrected chi connectivity index (χ2v) is 7.85. The molecule has 0 aliphatic carbocycles. The Morgan fingerprint density at radius 3 is 2.26 bits per heavy atom. The molecule has 0 aliphatic rings. The third kappa shape index (κ3) is 5.32. The SMILES string of the molecule is Nc1ccc(S(=O)(=O)NCc2ccccc2OCCc2ccccc2)cc1. The number of anilines is 1. The minimum Gasteiger partial charge on any atom is -0.493 e. The number of rotatable bonds is 8. The molecule has 3 aromatic rings. The largest absolute Gasteiger partial charge is 0.493 e. The van der Waals surface area contributed by atoms with Crippen molar-refractivity contribution in [3.8, 4) is 5.75 Å². The van der Waals surface area contributed by atoms with Crippen LogP contribution in [-0.2, 0) is 23.0 Å². The van der Waals surface area contributed by atoms with Gasteiger partial charge in [-0.25, -0.2) is 13.1 Å². The number of nitrogens with one attached hydrogen (secondary N) is 1. The van der Waals surface area contributed by atoms with E-state index >= 15 is 0 Å². The van der Waals surface area contributed by atoms with Crippen LogP contribution in [0.1, 0.15) is 11.1 Å². The molecule has 3 aromatic carbocycles. The third-order valence-electron chi connectivity index (χ3n) is 4.11. The van der Waals surface area contributed by atoms with Crippen LogP contribution >= 0.6 is 0 Å². The molecule has 140 valence electrons. The Kier molecular flexibility index (Phi) is 6.11. The molecule has 0 radical (unpaired) electrons. The summed E-state index contributed by atoms with van der Waals surface area (Å²) in [6.07, 6.45) is 0.784. The molecule has 5 nitrogen and oxygen atoms in total. The molecule has 0 fully saturated rings. The highest BCUT2D eigenvalue weighted by molar-refractivity contribution is 7.89. The van der Waals surface area contributed by atoms with Gasteiger partial charge in [-0.1, -0.05) is 48.5 Å². The van der Waals surface area contributed by atoms with Gasteiger partial charge < -0.3 is 10.5 Å². The van der Waals surface area contributed by atoms with Crippen molar-refractivity contribution in [2.45, 2.75) is 17.9 Å². The predicted octanol–water partition coefficient (Wildman–Crippen LogP) is 3.37. The van der Waals surface area contributed by atoms with Gasteiger partial charge in [0.2, 0.25) is 10.0 Å². The fourth-order valence-corrected chi connectivity index (χ4v) is 3.62. The molecular weight excluding hydrogens is 360 g/mol. The van der Waals surface area contributed by atoms with Gasteiger partial charge in [0.05, 0.1) is 11.5 Å². The summed E-state index contributed by atoms with van der Waals surface area (Å²) in [6.45, 7) is 0.667. The molecule has 0 aliphatic heterocycles. The Balaban J connectivity index is 1.62. The van der Waals surface area contributed by atoms with Crippen LogP contribution in [-0.4, -0.2) is 15.0 Å². The number of hydrogen-bond donors (Lipinski definition) is 2. The highest BCUT2D eigenvalue weighted by Gasteiger charge is 2.14. The van der Waals surface area contributed by atoms with Crippen molar-refractivity contribution in [2.24, 2.45) is 0 Å². The zero-order valence-electron chi connectivity index (χ0n) is 14.8. The molecule has 0 amide bonds. The average Bonchev–Trinajstić information content (AvgIpc) is 2.68. The summed E-state index contributed by atoms with van der Waals surface area (Å²) in [6, 6.07) is 23.6. The second kappa shape index (κ2) is 8.70. The van der Waals surface area contributed by atoms with E-state index < -0.39 is 10.0 Å². The summed E-state index contributed by atoms with van der Waals surface area (Å²) >= 11 is 0. The van der Waals surface area contributed by atoms with E-state index in [1.165, 1.54) is 17.7 Å². The number of sulfonamides is 1. The van der Waals surface area contributed by atoms with E-state index in [9.17, 15) is 8.42 Å². The van der Waals surface area contributed by atoms with Gasteiger partial charge in [-0.05, 0) is 35.9 Å². The molecule has 0 spiro atoms. The van der Waals surface area contributed by atoms with Gasteiger partial charge >= 0.3 is 0 Å². The number of nitrogen functional groups attached to an aromatic ring is 1. The summed E-state index contributed by atoms with van der Waals surface area (Å²) in [5.41, 5.74) is 8.11. The molecule has 3 N–H and O–H groups in total. The van der Waals surface area contributed by atoms with E-state index in [0.29, 0.717) is 18.0 Å². The molecule has 0 unspecified atom stereocenters. The highest BCUT2D eigenvalue weighted by Crippen LogP contribution is 2.19. The van der Waals surface area contributed by atoms with E-state index in [-0.39, 0.29) is 11.4 Å². The normalized spacial score (nSPS) is 11.3. The van der Waals surface area contributed by atoms with Crippen molar-refractivity contribution in [3.63, 3.8) is 0 Å². The minimum absolute atomic E-state index is 0.147. The molecule has 6 heteroatoms. The fraction of sp³-hybridized carbons (Fsp3) is 0.143. The van der Waals surface area contributed by atoms with Crippen molar-refractivity contribution in [1.29, 1.82) is 0 Å². The Morgan fingerprint density at radius 2 is 1.52 bits per heavy atom.